The smallest absolute Gasteiger partial charge is 0.176 e. The monoisotopic (exact) mass is 272 g/mol. The fraction of sp³-hybridized carbons (Fsp3) is 0.167. The molecule has 19 heavy (non-hydrogen) atoms. The highest BCUT2D eigenvalue weighted by atomic mass is 32.1. The van der Waals surface area contributed by atoms with Gasteiger partial charge in [0.1, 0.15) is 4.64 Å². The molecule has 3 heterocycles. The first-order valence-electron chi connectivity index (χ1n) is 5.71. The molecule has 0 fully saturated rings. The number of nitrogens with zero attached hydrogens (tertiary/aromatic N) is 5. The van der Waals surface area contributed by atoms with Crippen LogP contribution in [0.3, 0.4) is 0 Å². The number of aromatic amines is 1. The number of nitrogens with one attached hydrogen (secondary N) is 1. The molecule has 0 bridgehead atoms. The predicted octanol–water partition coefficient (Wildman–Crippen LogP) is 1.94. The second-order valence-electron chi connectivity index (χ2n) is 4.25. The maximum Gasteiger partial charge on any atom is 0.176 e. The van der Waals surface area contributed by atoms with Crippen molar-refractivity contribution in [2.45, 2.75) is 0 Å². The zero-order valence-electron chi connectivity index (χ0n) is 10.5. The molecule has 0 atom stereocenters. The van der Waals surface area contributed by atoms with E-state index in [-0.39, 0.29) is 0 Å². The van der Waals surface area contributed by atoms with Crippen LogP contribution in [0, 0.1) is 4.64 Å². The normalized spacial score (nSPS) is 10.8. The summed E-state index contributed by atoms with van der Waals surface area (Å²) in [4.78, 5) is 11.8. The lowest BCUT2D eigenvalue weighted by atomic mass is 10.2. The van der Waals surface area contributed by atoms with Crippen LogP contribution in [0.25, 0.3) is 22.9 Å². The van der Waals surface area contributed by atoms with Gasteiger partial charge >= 0.3 is 0 Å². The summed E-state index contributed by atoms with van der Waals surface area (Å²) >= 11 is 5.22. The van der Waals surface area contributed by atoms with Crippen molar-refractivity contribution in [2.24, 2.45) is 14.1 Å². The largest absolute Gasteiger partial charge is 0.336 e. The first-order chi connectivity index (χ1) is 9.13. The zero-order valence-corrected chi connectivity index (χ0v) is 11.3. The van der Waals surface area contributed by atoms with Crippen molar-refractivity contribution in [1.82, 2.24) is 29.3 Å². The Kier molecular flexibility index (Phi) is 2.75. The molecule has 0 radical (unpaired) electrons. The Morgan fingerprint density at radius 3 is 2.79 bits per heavy atom. The van der Waals surface area contributed by atoms with E-state index in [1.165, 1.54) is 0 Å². The van der Waals surface area contributed by atoms with Crippen LogP contribution in [0.2, 0.25) is 0 Å². The van der Waals surface area contributed by atoms with Gasteiger partial charge in [0.2, 0.25) is 0 Å². The number of hydrogen-bond donors (Lipinski definition) is 1. The quantitative estimate of drug-likeness (QED) is 0.724. The lowest BCUT2D eigenvalue weighted by molar-refractivity contribution is 0.768. The van der Waals surface area contributed by atoms with Gasteiger partial charge in [-0.15, -0.1) is 0 Å². The third-order valence-corrected chi connectivity index (χ3v) is 3.00. The molecule has 0 saturated carbocycles. The number of imidazole rings is 1. The first kappa shape index (κ1) is 11.8. The van der Waals surface area contributed by atoms with Crippen molar-refractivity contribution in [3.8, 4) is 22.9 Å². The molecule has 3 aromatic heterocycles. The summed E-state index contributed by atoms with van der Waals surface area (Å²) in [5, 5.41) is 4.15. The van der Waals surface area contributed by atoms with Crippen molar-refractivity contribution < 1.29 is 0 Å². The minimum atomic E-state index is 0.524. The van der Waals surface area contributed by atoms with Crippen LogP contribution in [0.15, 0.2) is 30.9 Å². The summed E-state index contributed by atoms with van der Waals surface area (Å²) in [6, 6.07) is 1.82. The Labute approximate surface area is 114 Å². The average molecular weight is 272 g/mol. The Balaban J connectivity index is 2.16. The van der Waals surface area contributed by atoms with Crippen LogP contribution in [0.4, 0.5) is 0 Å². The second kappa shape index (κ2) is 4.43. The van der Waals surface area contributed by atoms with E-state index in [2.05, 4.69) is 20.1 Å². The predicted molar refractivity (Wildman–Crippen MR) is 73.8 cm³/mol. The highest BCUT2D eigenvalue weighted by Gasteiger charge is 2.09. The zero-order chi connectivity index (χ0) is 13.4. The average Bonchev–Trinajstić information content (AvgIpc) is 2.97. The van der Waals surface area contributed by atoms with Gasteiger partial charge in [0.15, 0.2) is 11.6 Å². The number of aryl methyl sites for hydroxylation is 2. The van der Waals surface area contributed by atoms with Crippen molar-refractivity contribution in [3.63, 3.8) is 0 Å². The van der Waals surface area contributed by atoms with E-state index >= 15 is 0 Å². The molecular formula is C12H12N6S. The second-order valence-corrected chi connectivity index (χ2v) is 4.66. The third kappa shape index (κ3) is 2.19. The molecule has 0 aliphatic heterocycles. The number of aromatic nitrogens is 6. The van der Waals surface area contributed by atoms with Gasteiger partial charge in [-0.05, 0) is 6.07 Å². The minimum Gasteiger partial charge on any atom is -0.336 e. The van der Waals surface area contributed by atoms with E-state index in [1.807, 2.05) is 37.1 Å². The maximum absolute atomic E-state index is 5.22. The molecule has 0 aliphatic carbocycles. The summed E-state index contributed by atoms with van der Waals surface area (Å²) in [5.74, 6) is 1.40. The van der Waals surface area contributed by atoms with Crippen molar-refractivity contribution in [1.29, 1.82) is 0 Å². The summed E-state index contributed by atoms with van der Waals surface area (Å²) < 4.78 is 4.16. The van der Waals surface area contributed by atoms with Crippen molar-refractivity contribution in [2.75, 3.05) is 0 Å². The molecule has 1 N–H and O–H groups in total. The molecule has 3 aromatic rings. The first-order valence-corrected chi connectivity index (χ1v) is 6.12. The summed E-state index contributed by atoms with van der Waals surface area (Å²) in [6.07, 6.45) is 7.29. The molecule has 3 rings (SSSR count). The van der Waals surface area contributed by atoms with Crippen LogP contribution < -0.4 is 0 Å². The van der Waals surface area contributed by atoms with Crippen LogP contribution in [0.5, 0.6) is 0 Å². The van der Waals surface area contributed by atoms with Gasteiger partial charge in [-0.2, -0.15) is 5.10 Å². The van der Waals surface area contributed by atoms with Crippen molar-refractivity contribution in [3.05, 3.63) is 35.5 Å². The van der Waals surface area contributed by atoms with E-state index in [4.69, 9.17) is 12.2 Å². The van der Waals surface area contributed by atoms with E-state index in [0.29, 0.717) is 10.5 Å². The van der Waals surface area contributed by atoms with Crippen LogP contribution in [-0.4, -0.2) is 29.3 Å². The summed E-state index contributed by atoms with van der Waals surface area (Å²) in [7, 11) is 3.79. The molecule has 0 unspecified atom stereocenters. The molecule has 0 aliphatic rings. The Morgan fingerprint density at radius 2 is 2.16 bits per heavy atom. The molecule has 0 spiro atoms. The topological polar surface area (TPSA) is 64.3 Å². The maximum atomic E-state index is 5.22. The molecular weight excluding hydrogens is 260 g/mol. The van der Waals surface area contributed by atoms with E-state index < -0.39 is 0 Å². The standard InChI is InChI=1S/C12H12N6S/c1-17-4-3-13-12(17)11-15-9(5-10(19)16-11)8-6-14-18(2)7-8/h3-7H,1-2H3,(H,15,16,19). The fourth-order valence-corrected chi connectivity index (χ4v) is 2.08. The van der Waals surface area contributed by atoms with Gasteiger partial charge in [-0.3, -0.25) is 4.68 Å². The lowest BCUT2D eigenvalue weighted by Gasteiger charge is -2.04. The Hall–Kier alpha value is -2.28. The van der Waals surface area contributed by atoms with Crippen molar-refractivity contribution >= 4 is 12.2 Å². The van der Waals surface area contributed by atoms with Gasteiger partial charge in [-0.1, -0.05) is 12.2 Å². The summed E-state index contributed by atoms with van der Waals surface area (Å²) in [6.45, 7) is 0. The molecule has 96 valence electrons. The van der Waals surface area contributed by atoms with Crippen LogP contribution in [0.1, 0.15) is 0 Å². The third-order valence-electron chi connectivity index (χ3n) is 2.79. The molecule has 7 heteroatoms. The SMILES string of the molecule is Cn1cc(-c2cc(=S)nc(-c3nccn3C)[nH]2)cn1. The molecule has 0 saturated heterocycles. The number of H-pyrrole nitrogens is 1. The Bertz CT molecular complexity index is 781. The molecule has 6 nitrogen and oxygen atoms in total. The number of rotatable bonds is 2. The van der Waals surface area contributed by atoms with Gasteiger partial charge in [-0.25, -0.2) is 9.97 Å². The fourth-order valence-electron chi connectivity index (χ4n) is 1.87. The number of hydrogen-bond acceptors (Lipinski definition) is 4. The van der Waals surface area contributed by atoms with E-state index in [9.17, 15) is 0 Å². The van der Waals surface area contributed by atoms with E-state index in [0.717, 1.165) is 17.1 Å². The van der Waals surface area contributed by atoms with Gasteiger partial charge < -0.3 is 9.55 Å². The Morgan fingerprint density at radius 1 is 1.32 bits per heavy atom. The van der Waals surface area contributed by atoms with Crippen LogP contribution in [-0.2, 0) is 14.1 Å². The van der Waals surface area contributed by atoms with Gasteiger partial charge in [0, 0.05) is 38.2 Å². The van der Waals surface area contributed by atoms with Gasteiger partial charge in [0.25, 0.3) is 0 Å². The minimum absolute atomic E-state index is 0.524. The highest BCUT2D eigenvalue weighted by molar-refractivity contribution is 7.71. The lowest BCUT2D eigenvalue weighted by Crippen LogP contribution is -1.98. The molecule has 0 aromatic carbocycles. The summed E-state index contributed by atoms with van der Waals surface area (Å²) in [5.41, 5.74) is 1.84. The molecule has 0 amide bonds. The van der Waals surface area contributed by atoms with E-state index in [1.54, 1.807) is 17.1 Å². The highest BCUT2D eigenvalue weighted by Crippen LogP contribution is 2.19. The van der Waals surface area contributed by atoms with Gasteiger partial charge in [0.05, 0.1) is 11.9 Å². The van der Waals surface area contributed by atoms with Crippen LogP contribution >= 0.6 is 12.2 Å².